The molecule has 8 nitrogen and oxygen atoms in total. The number of ether oxygens (including phenoxy) is 2. The summed E-state index contributed by atoms with van der Waals surface area (Å²) in [5.41, 5.74) is 3.14. The predicted octanol–water partition coefficient (Wildman–Crippen LogP) is 2.26. The Hall–Kier alpha value is -2.78. The molecule has 4 atom stereocenters. The fourth-order valence-corrected chi connectivity index (χ4v) is 3.71. The van der Waals surface area contributed by atoms with Crippen molar-refractivity contribution in [1.82, 2.24) is 10.2 Å². The maximum atomic E-state index is 10.4. The summed E-state index contributed by atoms with van der Waals surface area (Å²) in [6.45, 7) is 1.51. The van der Waals surface area contributed by atoms with Gasteiger partial charge in [-0.05, 0) is 35.4 Å². The quantitative estimate of drug-likeness (QED) is 0.584. The minimum absolute atomic E-state index is 0.193. The van der Waals surface area contributed by atoms with Crippen LogP contribution in [0.25, 0.3) is 22.6 Å². The number of rotatable bonds is 5. The van der Waals surface area contributed by atoms with Crippen molar-refractivity contribution in [3.05, 3.63) is 53.9 Å². The molecule has 158 valence electrons. The highest BCUT2D eigenvalue weighted by molar-refractivity contribution is 5.74. The summed E-state index contributed by atoms with van der Waals surface area (Å²) in [6.07, 6.45) is -3.11. The van der Waals surface area contributed by atoms with E-state index in [9.17, 15) is 15.3 Å². The fraction of sp³-hybridized carbons (Fsp3) is 0.364. The summed E-state index contributed by atoms with van der Waals surface area (Å²) in [4.78, 5) is 0. The third-order valence-electron chi connectivity index (χ3n) is 5.25. The van der Waals surface area contributed by atoms with Gasteiger partial charge >= 0.3 is 0 Å². The van der Waals surface area contributed by atoms with Gasteiger partial charge in [0.1, 0.15) is 18.0 Å². The maximum Gasteiger partial charge on any atom is 0.247 e. The van der Waals surface area contributed by atoms with Crippen molar-refractivity contribution < 1.29 is 29.2 Å². The summed E-state index contributed by atoms with van der Waals surface area (Å²) >= 11 is 0. The number of aromatic nitrogens is 2. The number of aliphatic hydroxyl groups excluding tert-OH is 3. The van der Waals surface area contributed by atoms with Crippen LogP contribution in [-0.4, -0.2) is 57.5 Å². The molecule has 1 aliphatic rings. The van der Waals surface area contributed by atoms with E-state index in [-0.39, 0.29) is 13.0 Å². The van der Waals surface area contributed by atoms with Crippen molar-refractivity contribution >= 4 is 0 Å². The van der Waals surface area contributed by atoms with Gasteiger partial charge in [-0.25, -0.2) is 0 Å². The van der Waals surface area contributed by atoms with Gasteiger partial charge in [-0.1, -0.05) is 18.2 Å². The van der Waals surface area contributed by atoms with Gasteiger partial charge in [-0.3, -0.25) is 0 Å². The third kappa shape index (κ3) is 3.95. The van der Waals surface area contributed by atoms with Crippen LogP contribution in [0, 0.1) is 6.92 Å². The molecule has 2 heterocycles. The van der Waals surface area contributed by atoms with Crippen molar-refractivity contribution in [3.63, 3.8) is 0 Å². The predicted molar refractivity (Wildman–Crippen MR) is 108 cm³/mol. The molecule has 0 saturated carbocycles. The van der Waals surface area contributed by atoms with Crippen LogP contribution in [0.4, 0.5) is 0 Å². The van der Waals surface area contributed by atoms with Crippen molar-refractivity contribution in [3.8, 4) is 28.3 Å². The van der Waals surface area contributed by atoms with Gasteiger partial charge in [0.05, 0.1) is 25.9 Å². The Labute approximate surface area is 173 Å². The zero-order valence-corrected chi connectivity index (χ0v) is 16.7. The Morgan fingerprint density at radius 1 is 1.10 bits per heavy atom. The van der Waals surface area contributed by atoms with E-state index in [1.54, 1.807) is 14.0 Å². The maximum absolute atomic E-state index is 10.4. The number of hydrogen-bond donors (Lipinski definition) is 3. The van der Waals surface area contributed by atoms with E-state index in [2.05, 4.69) is 10.2 Å². The molecule has 1 aromatic heterocycles. The standard InChI is InChI=1S/C22H24N2O6/c1-12-23-24-22(29-12)15-6-7-17(19(9-15)28-2)13-4-3-5-14(8-13)21-20(27)18(26)10-16(11-25)30-21/h3-9,16,18,20-21,25-27H,10-11H2,1-2H3/t16-,18-,20-,21+/m0/s1. The third-order valence-corrected chi connectivity index (χ3v) is 5.25. The van der Waals surface area contributed by atoms with Gasteiger partial charge in [0.15, 0.2) is 0 Å². The van der Waals surface area contributed by atoms with E-state index in [1.807, 2.05) is 42.5 Å². The molecule has 3 N–H and O–H groups in total. The van der Waals surface area contributed by atoms with Gasteiger partial charge < -0.3 is 29.2 Å². The molecule has 0 unspecified atom stereocenters. The van der Waals surface area contributed by atoms with E-state index >= 15 is 0 Å². The second kappa shape index (κ2) is 8.53. The van der Waals surface area contributed by atoms with Gasteiger partial charge in [-0.2, -0.15) is 0 Å². The van der Waals surface area contributed by atoms with Crippen LogP contribution in [0.5, 0.6) is 5.75 Å². The second-order valence-electron chi connectivity index (χ2n) is 7.32. The topological polar surface area (TPSA) is 118 Å². The number of aliphatic hydroxyl groups is 3. The van der Waals surface area contributed by atoms with Crippen LogP contribution >= 0.6 is 0 Å². The zero-order chi connectivity index (χ0) is 21.3. The molecule has 0 radical (unpaired) electrons. The molecule has 30 heavy (non-hydrogen) atoms. The minimum Gasteiger partial charge on any atom is -0.496 e. The molecule has 2 aromatic carbocycles. The van der Waals surface area contributed by atoms with Gasteiger partial charge in [0, 0.05) is 24.5 Å². The number of hydrogen-bond acceptors (Lipinski definition) is 8. The molecule has 0 bridgehead atoms. The molecule has 4 rings (SSSR count). The number of methoxy groups -OCH3 is 1. The first-order valence-corrected chi connectivity index (χ1v) is 9.71. The summed E-state index contributed by atoms with van der Waals surface area (Å²) in [7, 11) is 1.59. The molecule has 0 amide bonds. The smallest absolute Gasteiger partial charge is 0.247 e. The van der Waals surface area contributed by atoms with Crippen LogP contribution < -0.4 is 4.74 Å². The fourth-order valence-electron chi connectivity index (χ4n) is 3.71. The average molecular weight is 412 g/mol. The molecule has 1 fully saturated rings. The summed E-state index contributed by atoms with van der Waals surface area (Å²) < 4.78 is 16.9. The second-order valence-corrected chi connectivity index (χ2v) is 7.32. The van der Waals surface area contributed by atoms with Crippen LogP contribution in [0.1, 0.15) is 24.0 Å². The first kappa shape index (κ1) is 20.5. The Morgan fingerprint density at radius 2 is 1.93 bits per heavy atom. The minimum atomic E-state index is -1.08. The highest BCUT2D eigenvalue weighted by atomic mass is 16.5. The highest BCUT2D eigenvalue weighted by Gasteiger charge is 2.37. The van der Waals surface area contributed by atoms with Crippen molar-refractivity contribution in [2.24, 2.45) is 0 Å². The Balaban J connectivity index is 1.68. The number of aryl methyl sites for hydroxylation is 1. The van der Waals surface area contributed by atoms with Crippen LogP contribution in [0.3, 0.4) is 0 Å². The lowest BCUT2D eigenvalue weighted by atomic mass is 9.91. The largest absolute Gasteiger partial charge is 0.496 e. The van der Waals surface area contributed by atoms with Crippen LogP contribution in [0.2, 0.25) is 0 Å². The van der Waals surface area contributed by atoms with Crippen molar-refractivity contribution in [2.45, 2.75) is 37.8 Å². The molecule has 1 aliphatic heterocycles. The lowest BCUT2D eigenvalue weighted by molar-refractivity contribution is -0.179. The lowest BCUT2D eigenvalue weighted by Crippen LogP contribution is -2.44. The molecule has 3 aromatic rings. The van der Waals surface area contributed by atoms with Crippen molar-refractivity contribution in [2.75, 3.05) is 13.7 Å². The molecule has 1 saturated heterocycles. The van der Waals surface area contributed by atoms with Crippen LogP contribution in [0.15, 0.2) is 46.9 Å². The molecule has 8 heteroatoms. The molecule has 0 spiro atoms. The van der Waals surface area contributed by atoms with E-state index in [4.69, 9.17) is 13.9 Å². The van der Waals surface area contributed by atoms with Crippen molar-refractivity contribution in [1.29, 1.82) is 0 Å². The first-order valence-electron chi connectivity index (χ1n) is 9.71. The monoisotopic (exact) mass is 412 g/mol. The Kier molecular flexibility index (Phi) is 5.83. The Bertz CT molecular complexity index is 1020. The summed E-state index contributed by atoms with van der Waals surface area (Å²) in [5, 5.41) is 37.9. The van der Waals surface area contributed by atoms with Gasteiger partial charge in [0.2, 0.25) is 11.8 Å². The van der Waals surface area contributed by atoms with E-state index in [0.717, 1.165) is 16.7 Å². The molecule has 0 aliphatic carbocycles. The highest BCUT2D eigenvalue weighted by Crippen LogP contribution is 2.37. The van der Waals surface area contributed by atoms with Crippen LogP contribution in [-0.2, 0) is 4.74 Å². The van der Waals surface area contributed by atoms with Gasteiger partial charge in [-0.15, -0.1) is 10.2 Å². The summed E-state index contributed by atoms with van der Waals surface area (Å²) in [5.74, 6) is 1.52. The Morgan fingerprint density at radius 3 is 2.63 bits per heavy atom. The lowest BCUT2D eigenvalue weighted by Gasteiger charge is -2.37. The number of benzene rings is 2. The summed E-state index contributed by atoms with van der Waals surface area (Å²) in [6, 6.07) is 13.1. The molecular formula is C22H24N2O6. The van der Waals surface area contributed by atoms with E-state index in [1.165, 1.54) is 0 Å². The van der Waals surface area contributed by atoms with Gasteiger partial charge in [0.25, 0.3) is 0 Å². The average Bonchev–Trinajstić information content (AvgIpc) is 3.21. The normalized spacial score (nSPS) is 24.0. The van der Waals surface area contributed by atoms with E-state index < -0.39 is 24.4 Å². The zero-order valence-electron chi connectivity index (χ0n) is 16.7. The number of nitrogens with zero attached hydrogens (tertiary/aromatic N) is 2. The SMILES string of the molecule is COc1cc(-c2nnc(C)o2)ccc1-c1cccc([C@H]2O[C@H](CO)C[C@H](O)[C@@H]2O)c1. The van der Waals surface area contributed by atoms with E-state index in [0.29, 0.717) is 23.1 Å². The first-order chi connectivity index (χ1) is 14.5. The molecular weight excluding hydrogens is 388 g/mol.